The van der Waals surface area contributed by atoms with E-state index < -0.39 is 22.4 Å². The third kappa shape index (κ3) is 5.75. The Bertz CT molecular complexity index is 1750. The largest absolute Gasteiger partial charge is 0.396 e. The van der Waals surface area contributed by atoms with Gasteiger partial charge in [-0.15, -0.1) is 25.5 Å². The molecule has 2 unspecified atom stereocenters. The molecule has 2 fully saturated rings. The number of nitrogens with two attached hydrogens (primary N) is 1. The molecular formula is C30H29F2N6O2PS2. The molecule has 0 radical (unpaired) electrons. The minimum absolute atomic E-state index is 0.101. The Balaban J connectivity index is 0.000000281. The fourth-order valence-corrected chi connectivity index (χ4v) is 8.85. The molecular weight excluding hydrogens is 609 g/mol. The fraction of sp³-hybridized carbons (Fsp3) is 0.300. The lowest BCUT2D eigenvalue weighted by atomic mass is 9.67. The van der Waals surface area contributed by atoms with Gasteiger partial charge in [-0.25, -0.2) is 23.7 Å². The van der Waals surface area contributed by atoms with Gasteiger partial charge in [0.1, 0.15) is 5.01 Å². The lowest BCUT2D eigenvalue weighted by Crippen LogP contribution is -2.57. The van der Waals surface area contributed by atoms with Crippen molar-refractivity contribution in [3.05, 3.63) is 82.4 Å². The van der Waals surface area contributed by atoms with Crippen molar-refractivity contribution in [1.82, 2.24) is 15.0 Å². The lowest BCUT2D eigenvalue weighted by molar-refractivity contribution is 0.159. The standard InChI is InChI=1S/C24H24FN5OS2.C6H5FNOP/c1-23(7-3-8-23)21-30-19(15-4-2-5-16(26)18(15)25)20(32-21)17-6-9-27-22(29-17)28-14-10-24(11-14)12-33(31)13-24;7-4-2-1-3-5(10)6(4)8-9/h2-7,9,14H,8,10-13,26H2,1H3,(H,27,28,29);1-3H,10H2. The van der Waals surface area contributed by atoms with Crippen molar-refractivity contribution in [1.29, 1.82) is 0 Å². The van der Waals surface area contributed by atoms with Gasteiger partial charge in [0.25, 0.3) is 0 Å². The molecule has 4 aromatic rings. The predicted octanol–water partition coefficient (Wildman–Crippen LogP) is 6.25. The number of nitroso groups, excluding NO2 is 1. The van der Waals surface area contributed by atoms with Crippen LogP contribution in [0.4, 0.5) is 26.1 Å². The molecule has 8 nitrogen and oxygen atoms in total. The van der Waals surface area contributed by atoms with Crippen LogP contribution in [0.25, 0.3) is 21.8 Å². The number of nitrogen functional groups attached to an aromatic ring is 1. The van der Waals surface area contributed by atoms with Gasteiger partial charge < -0.3 is 11.1 Å². The number of rotatable bonds is 6. The Kier molecular flexibility index (Phi) is 7.95. The summed E-state index contributed by atoms with van der Waals surface area (Å²) in [5, 5.41) is 7.36. The summed E-state index contributed by atoms with van der Waals surface area (Å²) in [6.07, 6.45) is 8.90. The maximum Gasteiger partial charge on any atom is 0.223 e. The highest BCUT2D eigenvalue weighted by Crippen LogP contribution is 2.49. The van der Waals surface area contributed by atoms with Gasteiger partial charge in [-0.05, 0) is 61.0 Å². The molecule has 1 aliphatic heterocycles. The fourth-order valence-electron chi connectivity index (χ4n) is 5.61. The topological polar surface area (TPSA) is 123 Å². The zero-order valence-corrected chi connectivity index (χ0v) is 26.0. The monoisotopic (exact) mass is 638 g/mol. The zero-order chi connectivity index (χ0) is 30.4. The highest BCUT2D eigenvalue weighted by Gasteiger charge is 2.52. The third-order valence-electron chi connectivity index (χ3n) is 8.05. The van der Waals surface area contributed by atoms with E-state index in [9.17, 15) is 17.9 Å². The lowest BCUT2D eigenvalue weighted by Gasteiger charge is -2.53. The van der Waals surface area contributed by atoms with Gasteiger partial charge in [0.15, 0.2) is 17.3 Å². The minimum atomic E-state index is -0.635. The van der Waals surface area contributed by atoms with Gasteiger partial charge in [-0.1, -0.05) is 30.4 Å². The number of nitrogens with zero attached hydrogens (tertiary/aromatic N) is 4. The van der Waals surface area contributed by atoms with Gasteiger partial charge in [0.05, 0.1) is 22.0 Å². The van der Waals surface area contributed by atoms with Crippen LogP contribution in [0, 0.1) is 22.0 Å². The van der Waals surface area contributed by atoms with E-state index in [1.165, 1.54) is 12.1 Å². The quantitative estimate of drug-likeness (QED) is 0.111. The Morgan fingerprint density at radius 3 is 2.51 bits per heavy atom. The molecule has 43 heavy (non-hydrogen) atoms. The first-order valence-electron chi connectivity index (χ1n) is 13.7. The summed E-state index contributed by atoms with van der Waals surface area (Å²) in [6.45, 7) is 2.14. The van der Waals surface area contributed by atoms with Crippen molar-refractivity contribution in [2.24, 2.45) is 10.6 Å². The second-order valence-corrected chi connectivity index (χ2v) is 14.5. The van der Waals surface area contributed by atoms with Crippen LogP contribution in [-0.2, 0) is 16.2 Å². The molecule has 7 rings (SSSR count). The smallest absolute Gasteiger partial charge is 0.223 e. The maximum atomic E-state index is 15.0. The number of allylic oxidation sites excluding steroid dienone is 2. The third-order valence-corrected chi connectivity index (χ3v) is 11.7. The summed E-state index contributed by atoms with van der Waals surface area (Å²) < 4.78 is 39.0. The molecule has 2 aliphatic carbocycles. The molecule has 0 amide bonds. The summed E-state index contributed by atoms with van der Waals surface area (Å²) in [5.74, 6) is 1.14. The van der Waals surface area contributed by atoms with Crippen molar-refractivity contribution < 1.29 is 13.0 Å². The number of aromatic nitrogens is 3. The van der Waals surface area contributed by atoms with Crippen LogP contribution >= 0.6 is 20.6 Å². The second kappa shape index (κ2) is 11.6. The number of thiazole rings is 1. The SMILES string of the molecule is CC1(c2nc(-c3cccc(N)c3F)c(-c3ccnc(NC4CC5(C4)CS(=O)C5)n3)s2)C=CC1.O=Nc1c(F)cccc1P. The number of hydrogen-bond donors (Lipinski definition) is 2. The van der Waals surface area contributed by atoms with Gasteiger partial charge in [0, 0.05) is 50.8 Å². The predicted molar refractivity (Wildman–Crippen MR) is 172 cm³/mol. The molecule has 1 saturated carbocycles. The molecule has 0 bridgehead atoms. The number of hydrogen-bond acceptors (Lipinski definition) is 9. The van der Waals surface area contributed by atoms with E-state index >= 15 is 0 Å². The highest BCUT2D eigenvalue weighted by atomic mass is 32.2. The van der Waals surface area contributed by atoms with Crippen LogP contribution in [0.5, 0.6) is 0 Å². The second-order valence-electron chi connectivity index (χ2n) is 11.4. The average molecular weight is 639 g/mol. The number of halogens is 2. The summed E-state index contributed by atoms with van der Waals surface area (Å²) >= 11 is 1.54. The zero-order valence-electron chi connectivity index (χ0n) is 23.2. The van der Waals surface area contributed by atoms with Crippen LogP contribution in [0.1, 0.15) is 31.2 Å². The minimum Gasteiger partial charge on any atom is -0.396 e. The van der Waals surface area contributed by atoms with E-state index in [2.05, 4.69) is 43.8 Å². The van der Waals surface area contributed by atoms with E-state index in [4.69, 9.17) is 15.7 Å². The van der Waals surface area contributed by atoms with Crippen molar-refractivity contribution in [2.45, 2.75) is 37.6 Å². The van der Waals surface area contributed by atoms with Crippen molar-refractivity contribution >= 4 is 54.0 Å². The molecule has 3 heterocycles. The Morgan fingerprint density at radius 2 is 1.88 bits per heavy atom. The maximum absolute atomic E-state index is 15.0. The molecule has 3 N–H and O–H groups in total. The van der Waals surface area contributed by atoms with E-state index in [0.717, 1.165) is 40.7 Å². The molecule has 2 aromatic heterocycles. The van der Waals surface area contributed by atoms with Crippen molar-refractivity contribution in [3.8, 4) is 21.8 Å². The van der Waals surface area contributed by atoms with E-state index in [1.807, 2.05) is 6.07 Å². The van der Waals surface area contributed by atoms with Gasteiger partial charge in [-0.2, -0.15) is 0 Å². The van der Waals surface area contributed by atoms with Crippen molar-refractivity contribution in [2.75, 3.05) is 22.6 Å². The van der Waals surface area contributed by atoms with Crippen LogP contribution in [0.15, 0.2) is 66.0 Å². The first kappa shape index (κ1) is 29.6. The highest BCUT2D eigenvalue weighted by molar-refractivity contribution is 7.86. The number of benzene rings is 2. The summed E-state index contributed by atoms with van der Waals surface area (Å²) in [6, 6.07) is 11.5. The molecule has 13 heteroatoms. The molecule has 1 spiro atoms. The van der Waals surface area contributed by atoms with E-state index in [-0.39, 0.29) is 22.2 Å². The molecule has 2 aromatic carbocycles. The Labute approximate surface area is 256 Å². The average Bonchev–Trinajstić information content (AvgIpc) is 3.38. The molecule has 2 atom stereocenters. The van der Waals surface area contributed by atoms with Crippen molar-refractivity contribution in [3.63, 3.8) is 0 Å². The molecule has 222 valence electrons. The van der Waals surface area contributed by atoms with Gasteiger partial charge in [0.2, 0.25) is 5.95 Å². The summed E-state index contributed by atoms with van der Waals surface area (Å²) in [7, 11) is 1.60. The number of anilines is 2. The normalized spacial score (nSPS) is 25.1. The summed E-state index contributed by atoms with van der Waals surface area (Å²) in [5.41, 5.74) is 7.59. The van der Waals surface area contributed by atoms with E-state index in [1.54, 1.807) is 41.8 Å². The first-order chi connectivity index (χ1) is 20.6. The van der Waals surface area contributed by atoms with Crippen LogP contribution in [-0.4, -0.2) is 36.7 Å². The summed E-state index contributed by atoms with van der Waals surface area (Å²) in [4.78, 5) is 24.8. The van der Waals surface area contributed by atoms with Gasteiger partial charge >= 0.3 is 0 Å². The van der Waals surface area contributed by atoms with Crippen LogP contribution in [0.3, 0.4) is 0 Å². The Hall–Kier alpha value is -3.47. The molecule has 3 aliphatic rings. The number of nitrogens with one attached hydrogen (secondary N) is 1. The Morgan fingerprint density at radius 1 is 1.14 bits per heavy atom. The van der Waals surface area contributed by atoms with Crippen LogP contribution < -0.4 is 16.4 Å². The first-order valence-corrected chi connectivity index (χ1v) is 16.5. The van der Waals surface area contributed by atoms with E-state index in [0.29, 0.717) is 34.2 Å². The van der Waals surface area contributed by atoms with Gasteiger partial charge in [-0.3, -0.25) is 4.21 Å². The van der Waals surface area contributed by atoms with Crippen LogP contribution in [0.2, 0.25) is 0 Å². The molecule has 1 saturated heterocycles.